The Morgan fingerprint density at radius 1 is 1.19 bits per heavy atom. The Balaban J connectivity index is 0.00000341. The standard InChI is InChI=1S/C20H26F4N6.HI/c1-3-17(15-5-4-14(21)12-16(15)22)28-8-10-29(11-9-28)20(25-2)27-13-18-26-6-7-30(18)19(23)24;/h4-7,12,17,19H,3,8-11,13H2,1-2H3,(H,25,27);1H. The zero-order valence-corrected chi connectivity index (χ0v) is 19.8. The molecule has 0 spiro atoms. The summed E-state index contributed by atoms with van der Waals surface area (Å²) in [5, 5.41) is 3.08. The fourth-order valence-corrected chi connectivity index (χ4v) is 3.84. The number of benzene rings is 1. The summed E-state index contributed by atoms with van der Waals surface area (Å²) in [7, 11) is 1.64. The third-order valence-electron chi connectivity index (χ3n) is 5.34. The van der Waals surface area contributed by atoms with E-state index in [1.54, 1.807) is 7.05 Å². The van der Waals surface area contributed by atoms with Crippen LogP contribution in [0.25, 0.3) is 0 Å². The van der Waals surface area contributed by atoms with E-state index >= 15 is 0 Å². The normalized spacial score (nSPS) is 16.4. The van der Waals surface area contributed by atoms with Gasteiger partial charge in [-0.15, -0.1) is 24.0 Å². The third kappa shape index (κ3) is 6.09. The van der Waals surface area contributed by atoms with Gasteiger partial charge in [-0.1, -0.05) is 13.0 Å². The molecular formula is C20H27F4IN6. The van der Waals surface area contributed by atoms with Crippen molar-refractivity contribution in [3.05, 3.63) is 53.6 Å². The van der Waals surface area contributed by atoms with Crippen LogP contribution in [-0.4, -0.2) is 58.5 Å². The van der Waals surface area contributed by atoms with E-state index in [4.69, 9.17) is 0 Å². The second kappa shape index (κ2) is 11.7. The second-order valence-electron chi connectivity index (χ2n) is 7.04. The maximum Gasteiger partial charge on any atom is 0.319 e. The Labute approximate surface area is 196 Å². The fraction of sp³-hybridized carbons (Fsp3) is 0.500. The first-order valence-corrected chi connectivity index (χ1v) is 9.89. The molecule has 1 aromatic carbocycles. The molecule has 0 aliphatic carbocycles. The van der Waals surface area contributed by atoms with Crippen molar-refractivity contribution < 1.29 is 17.6 Å². The van der Waals surface area contributed by atoms with Crippen LogP contribution in [0.1, 0.15) is 37.3 Å². The SMILES string of the molecule is CCC(c1ccc(F)cc1F)N1CCN(C(=NC)NCc2nccn2C(F)F)CC1.I. The molecule has 1 unspecified atom stereocenters. The van der Waals surface area contributed by atoms with Crippen LogP contribution in [0.5, 0.6) is 0 Å². The summed E-state index contributed by atoms with van der Waals surface area (Å²) in [5.74, 6) is -0.295. The molecule has 3 rings (SSSR count). The van der Waals surface area contributed by atoms with E-state index in [0.717, 1.165) is 10.6 Å². The number of nitrogens with one attached hydrogen (secondary N) is 1. The molecule has 31 heavy (non-hydrogen) atoms. The van der Waals surface area contributed by atoms with Crippen molar-refractivity contribution >= 4 is 29.9 Å². The quantitative estimate of drug-likeness (QED) is 0.254. The fourth-order valence-electron chi connectivity index (χ4n) is 3.84. The Bertz CT molecular complexity index is 867. The van der Waals surface area contributed by atoms with Crippen molar-refractivity contribution in [3.8, 4) is 0 Å². The molecule has 0 bridgehead atoms. The van der Waals surface area contributed by atoms with Crippen molar-refractivity contribution in [2.45, 2.75) is 32.5 Å². The Hall–Kier alpha value is -1.89. The first-order valence-electron chi connectivity index (χ1n) is 9.89. The van der Waals surface area contributed by atoms with Crippen LogP contribution in [-0.2, 0) is 6.54 Å². The van der Waals surface area contributed by atoms with E-state index in [0.29, 0.717) is 44.1 Å². The van der Waals surface area contributed by atoms with E-state index in [9.17, 15) is 17.6 Å². The van der Waals surface area contributed by atoms with E-state index in [-0.39, 0.29) is 42.4 Å². The minimum absolute atomic E-state index is 0. The number of rotatable bonds is 6. The van der Waals surface area contributed by atoms with Crippen molar-refractivity contribution in [2.24, 2.45) is 4.99 Å². The van der Waals surface area contributed by atoms with Crippen molar-refractivity contribution in [1.29, 1.82) is 0 Å². The average molecular weight is 554 g/mol. The molecule has 0 radical (unpaired) electrons. The summed E-state index contributed by atoms with van der Waals surface area (Å²) in [4.78, 5) is 12.4. The predicted molar refractivity (Wildman–Crippen MR) is 122 cm³/mol. The second-order valence-corrected chi connectivity index (χ2v) is 7.04. The predicted octanol–water partition coefficient (Wildman–Crippen LogP) is 4.02. The van der Waals surface area contributed by atoms with Crippen molar-refractivity contribution in [1.82, 2.24) is 24.7 Å². The van der Waals surface area contributed by atoms with Crippen LogP contribution in [0, 0.1) is 11.6 Å². The van der Waals surface area contributed by atoms with E-state index in [1.807, 2.05) is 11.8 Å². The topological polar surface area (TPSA) is 48.7 Å². The number of guanidine groups is 1. The van der Waals surface area contributed by atoms with Gasteiger partial charge >= 0.3 is 6.55 Å². The number of aliphatic imine (C=N–C) groups is 1. The van der Waals surface area contributed by atoms with Gasteiger partial charge < -0.3 is 10.2 Å². The largest absolute Gasteiger partial charge is 0.349 e. The lowest BCUT2D eigenvalue weighted by molar-refractivity contribution is 0.0667. The molecule has 1 saturated heterocycles. The maximum atomic E-state index is 14.3. The summed E-state index contributed by atoms with van der Waals surface area (Å²) in [5.41, 5.74) is 0.494. The minimum Gasteiger partial charge on any atom is -0.349 e. The van der Waals surface area contributed by atoms with Gasteiger partial charge in [0.05, 0.1) is 6.54 Å². The van der Waals surface area contributed by atoms with Crippen LogP contribution in [0.15, 0.2) is 35.6 Å². The lowest BCUT2D eigenvalue weighted by Gasteiger charge is -2.40. The number of imidazole rings is 1. The molecule has 1 aliphatic heterocycles. The molecule has 6 nitrogen and oxygen atoms in total. The van der Waals surface area contributed by atoms with Gasteiger partial charge in [-0.05, 0) is 12.5 Å². The summed E-state index contributed by atoms with van der Waals surface area (Å²) >= 11 is 0. The Morgan fingerprint density at radius 2 is 1.90 bits per heavy atom. The molecule has 1 fully saturated rings. The molecule has 0 saturated carbocycles. The molecule has 1 N–H and O–H groups in total. The zero-order chi connectivity index (χ0) is 21.7. The smallest absolute Gasteiger partial charge is 0.319 e. The average Bonchev–Trinajstić information content (AvgIpc) is 3.20. The van der Waals surface area contributed by atoms with Crippen LogP contribution >= 0.6 is 24.0 Å². The van der Waals surface area contributed by atoms with Crippen molar-refractivity contribution in [2.75, 3.05) is 33.2 Å². The lowest BCUT2D eigenvalue weighted by atomic mass is 10.0. The number of hydrogen-bond donors (Lipinski definition) is 1. The molecule has 2 aromatic rings. The van der Waals surface area contributed by atoms with E-state index < -0.39 is 18.2 Å². The molecule has 1 aromatic heterocycles. The van der Waals surface area contributed by atoms with Crippen LogP contribution in [0.4, 0.5) is 17.6 Å². The highest BCUT2D eigenvalue weighted by Gasteiger charge is 2.27. The molecule has 1 atom stereocenters. The highest BCUT2D eigenvalue weighted by Crippen LogP contribution is 2.28. The summed E-state index contributed by atoms with van der Waals surface area (Å²) in [6.45, 7) is 2.08. The number of halogens is 5. The molecule has 2 heterocycles. The monoisotopic (exact) mass is 554 g/mol. The molecule has 0 amide bonds. The first kappa shape index (κ1) is 25.4. The summed E-state index contributed by atoms with van der Waals surface area (Å²) in [6.07, 6.45) is 3.28. The number of piperazine rings is 1. The lowest BCUT2D eigenvalue weighted by Crippen LogP contribution is -2.53. The van der Waals surface area contributed by atoms with Gasteiger partial charge in [-0.3, -0.25) is 14.5 Å². The van der Waals surface area contributed by atoms with Gasteiger partial charge in [-0.25, -0.2) is 13.8 Å². The molecular weight excluding hydrogens is 527 g/mol. The summed E-state index contributed by atoms with van der Waals surface area (Å²) in [6, 6.07) is 3.58. The van der Waals surface area contributed by atoms with Gasteiger partial charge in [-0.2, -0.15) is 8.78 Å². The molecule has 1 aliphatic rings. The number of nitrogens with zero attached hydrogens (tertiary/aromatic N) is 5. The Morgan fingerprint density at radius 3 is 2.48 bits per heavy atom. The molecule has 11 heteroatoms. The van der Waals surface area contributed by atoms with E-state index in [1.165, 1.54) is 24.5 Å². The minimum atomic E-state index is -2.65. The van der Waals surface area contributed by atoms with Gasteiger partial charge in [0, 0.05) is 63.3 Å². The van der Waals surface area contributed by atoms with Crippen LogP contribution in [0.3, 0.4) is 0 Å². The summed E-state index contributed by atoms with van der Waals surface area (Å²) < 4.78 is 54.2. The highest BCUT2D eigenvalue weighted by molar-refractivity contribution is 14.0. The van der Waals surface area contributed by atoms with Gasteiger partial charge in [0.1, 0.15) is 17.5 Å². The highest BCUT2D eigenvalue weighted by atomic mass is 127. The maximum absolute atomic E-state index is 14.3. The van der Waals surface area contributed by atoms with Gasteiger partial charge in [0.2, 0.25) is 0 Å². The van der Waals surface area contributed by atoms with E-state index in [2.05, 4.69) is 20.2 Å². The number of aromatic nitrogens is 2. The van der Waals surface area contributed by atoms with Gasteiger partial charge in [0.15, 0.2) is 5.96 Å². The zero-order valence-electron chi connectivity index (χ0n) is 17.4. The number of alkyl halides is 2. The van der Waals surface area contributed by atoms with Gasteiger partial charge in [0.25, 0.3) is 0 Å². The van der Waals surface area contributed by atoms with Crippen LogP contribution < -0.4 is 5.32 Å². The number of hydrogen-bond acceptors (Lipinski definition) is 3. The van der Waals surface area contributed by atoms with Crippen LogP contribution in [0.2, 0.25) is 0 Å². The van der Waals surface area contributed by atoms with Crippen molar-refractivity contribution in [3.63, 3.8) is 0 Å². The first-order chi connectivity index (χ1) is 14.4. The Kier molecular flexibility index (Phi) is 9.54. The third-order valence-corrected chi connectivity index (χ3v) is 5.34. The molecule has 172 valence electrons.